The minimum Gasteiger partial charge on any atom is -0.360 e. The number of benzene rings is 1. The summed E-state index contributed by atoms with van der Waals surface area (Å²) in [6, 6.07) is 6.24. The number of nitrogens with one attached hydrogen (secondary N) is 1. The van der Waals surface area contributed by atoms with Crippen molar-refractivity contribution in [1.82, 2.24) is 4.98 Å². The highest BCUT2D eigenvalue weighted by molar-refractivity contribution is 6.09. The molecule has 1 saturated carbocycles. The Hall–Kier alpha value is -1.57. The monoisotopic (exact) mass is 241 g/mol. The van der Waals surface area contributed by atoms with Gasteiger partial charge in [-0.15, -0.1) is 0 Å². The van der Waals surface area contributed by atoms with Crippen LogP contribution < -0.4 is 0 Å². The first kappa shape index (κ1) is 11.5. The summed E-state index contributed by atoms with van der Waals surface area (Å²) in [5, 5.41) is 1.08. The molecule has 1 heterocycles. The number of rotatable bonds is 2. The van der Waals surface area contributed by atoms with Crippen molar-refractivity contribution in [2.75, 3.05) is 0 Å². The van der Waals surface area contributed by atoms with Crippen molar-refractivity contribution in [2.24, 2.45) is 11.8 Å². The van der Waals surface area contributed by atoms with Crippen LogP contribution in [0.2, 0.25) is 0 Å². The van der Waals surface area contributed by atoms with E-state index in [9.17, 15) is 4.79 Å². The Bertz CT molecular complexity index is 596. The maximum absolute atomic E-state index is 12.6. The van der Waals surface area contributed by atoms with Crippen LogP contribution in [0.15, 0.2) is 24.4 Å². The molecule has 1 aromatic heterocycles. The molecule has 0 bridgehead atoms. The molecule has 2 nitrogen and oxygen atoms in total. The molecule has 2 atom stereocenters. The Balaban J connectivity index is 2.03. The van der Waals surface area contributed by atoms with E-state index in [1.807, 2.05) is 6.20 Å². The van der Waals surface area contributed by atoms with Gasteiger partial charge in [0.15, 0.2) is 5.78 Å². The van der Waals surface area contributed by atoms with E-state index in [1.165, 1.54) is 18.4 Å². The Morgan fingerprint density at radius 3 is 2.89 bits per heavy atom. The molecule has 3 rings (SSSR count). The lowest BCUT2D eigenvalue weighted by atomic mass is 9.89. The number of carbonyl (C=O) groups is 1. The summed E-state index contributed by atoms with van der Waals surface area (Å²) in [6.45, 7) is 4.27. The first-order chi connectivity index (χ1) is 8.66. The lowest BCUT2D eigenvalue weighted by Crippen LogP contribution is -2.16. The topological polar surface area (TPSA) is 32.9 Å². The van der Waals surface area contributed by atoms with Gasteiger partial charge in [0.05, 0.1) is 0 Å². The summed E-state index contributed by atoms with van der Waals surface area (Å²) < 4.78 is 0. The minimum absolute atomic E-state index is 0.226. The van der Waals surface area contributed by atoms with E-state index in [1.54, 1.807) is 0 Å². The van der Waals surface area contributed by atoms with Crippen molar-refractivity contribution < 1.29 is 4.79 Å². The van der Waals surface area contributed by atoms with E-state index < -0.39 is 0 Å². The molecule has 0 aliphatic heterocycles. The van der Waals surface area contributed by atoms with E-state index >= 15 is 0 Å². The smallest absolute Gasteiger partial charge is 0.168 e. The minimum atomic E-state index is 0.226. The normalized spacial score (nSPS) is 23.7. The van der Waals surface area contributed by atoms with Crippen molar-refractivity contribution in [3.63, 3.8) is 0 Å². The molecule has 18 heavy (non-hydrogen) atoms. The van der Waals surface area contributed by atoms with E-state index in [4.69, 9.17) is 0 Å². The Labute approximate surface area is 107 Å². The Kier molecular flexibility index (Phi) is 2.73. The second kappa shape index (κ2) is 4.27. The van der Waals surface area contributed by atoms with Gasteiger partial charge in [0.2, 0.25) is 0 Å². The number of carbonyl (C=O) groups excluding carboxylic acids is 1. The van der Waals surface area contributed by atoms with Gasteiger partial charge >= 0.3 is 0 Å². The second-order valence-electron chi connectivity index (χ2n) is 5.63. The molecular weight excluding hydrogens is 222 g/mol. The fourth-order valence-electron chi connectivity index (χ4n) is 3.17. The highest BCUT2D eigenvalue weighted by Crippen LogP contribution is 2.35. The molecule has 1 N–H and O–H groups in total. The average molecular weight is 241 g/mol. The SMILES string of the molecule is Cc1ccc2[nH]cc(C(=O)C3CCCC3C)c2c1. The third-order valence-electron chi connectivity index (χ3n) is 4.30. The molecule has 0 amide bonds. The van der Waals surface area contributed by atoms with E-state index in [-0.39, 0.29) is 5.92 Å². The number of H-pyrrole nitrogens is 1. The summed E-state index contributed by atoms with van der Waals surface area (Å²) in [4.78, 5) is 15.8. The predicted molar refractivity (Wildman–Crippen MR) is 73.9 cm³/mol. The number of Topliss-reactive ketones (excluding diaryl/α,β-unsaturated/α-hetero) is 1. The summed E-state index contributed by atoms with van der Waals surface area (Å²) in [5.41, 5.74) is 3.15. The lowest BCUT2D eigenvalue weighted by molar-refractivity contribution is 0.0899. The zero-order valence-electron chi connectivity index (χ0n) is 11.0. The Morgan fingerprint density at radius 2 is 2.17 bits per heavy atom. The van der Waals surface area contributed by atoms with E-state index in [0.717, 1.165) is 22.9 Å². The van der Waals surface area contributed by atoms with Gasteiger partial charge in [-0.3, -0.25) is 4.79 Å². The number of fused-ring (bicyclic) bond motifs is 1. The third-order valence-corrected chi connectivity index (χ3v) is 4.30. The molecule has 2 aromatic rings. The van der Waals surface area contributed by atoms with Gasteiger partial charge in [-0.05, 0) is 37.8 Å². The second-order valence-corrected chi connectivity index (χ2v) is 5.63. The number of aryl methyl sites for hydroxylation is 1. The van der Waals surface area contributed by atoms with Gasteiger partial charge in [0.1, 0.15) is 0 Å². The van der Waals surface area contributed by atoms with Crippen molar-refractivity contribution in [1.29, 1.82) is 0 Å². The van der Waals surface area contributed by atoms with E-state index in [2.05, 4.69) is 37.0 Å². The summed E-state index contributed by atoms with van der Waals surface area (Å²) >= 11 is 0. The molecule has 1 aliphatic rings. The van der Waals surface area contributed by atoms with Crippen molar-refractivity contribution in [3.8, 4) is 0 Å². The van der Waals surface area contributed by atoms with Gasteiger partial charge in [-0.1, -0.05) is 25.0 Å². The standard InChI is InChI=1S/C16H19NO/c1-10-6-7-15-13(8-10)14(9-17-15)16(18)12-5-3-4-11(12)2/h6-9,11-12,17H,3-5H2,1-2H3. The highest BCUT2D eigenvalue weighted by Gasteiger charge is 2.31. The van der Waals surface area contributed by atoms with Crippen LogP contribution >= 0.6 is 0 Å². The van der Waals surface area contributed by atoms with E-state index in [0.29, 0.717) is 11.7 Å². The maximum atomic E-state index is 12.6. The number of aromatic nitrogens is 1. The van der Waals surface area contributed by atoms with Gasteiger partial charge < -0.3 is 4.98 Å². The first-order valence-corrected chi connectivity index (χ1v) is 6.79. The number of ketones is 1. The van der Waals surface area contributed by atoms with Crippen LogP contribution in [0.4, 0.5) is 0 Å². The predicted octanol–water partition coefficient (Wildman–Crippen LogP) is 4.10. The fourth-order valence-corrected chi connectivity index (χ4v) is 3.17. The zero-order chi connectivity index (χ0) is 12.7. The zero-order valence-corrected chi connectivity index (χ0v) is 11.0. The van der Waals surface area contributed by atoms with Crippen LogP contribution in [0, 0.1) is 18.8 Å². The van der Waals surface area contributed by atoms with Crippen LogP contribution in [-0.2, 0) is 0 Å². The largest absolute Gasteiger partial charge is 0.360 e. The molecule has 0 radical (unpaired) electrons. The quantitative estimate of drug-likeness (QED) is 0.789. The molecule has 1 aliphatic carbocycles. The molecule has 0 spiro atoms. The molecule has 2 unspecified atom stereocenters. The summed E-state index contributed by atoms with van der Waals surface area (Å²) in [5.74, 6) is 1.09. The highest BCUT2D eigenvalue weighted by atomic mass is 16.1. The molecular formula is C16H19NO. The molecule has 1 fully saturated rings. The van der Waals surface area contributed by atoms with Crippen LogP contribution in [0.5, 0.6) is 0 Å². The lowest BCUT2D eigenvalue weighted by Gasteiger charge is -2.13. The molecule has 0 saturated heterocycles. The van der Waals surface area contributed by atoms with Gasteiger partial charge in [-0.25, -0.2) is 0 Å². The summed E-state index contributed by atoms with van der Waals surface area (Å²) in [7, 11) is 0. The first-order valence-electron chi connectivity index (χ1n) is 6.79. The molecule has 1 aromatic carbocycles. The van der Waals surface area contributed by atoms with Gasteiger partial charge in [0, 0.05) is 28.6 Å². The van der Waals surface area contributed by atoms with Crippen molar-refractivity contribution >= 4 is 16.7 Å². The number of aromatic amines is 1. The molecule has 94 valence electrons. The maximum Gasteiger partial charge on any atom is 0.168 e. The van der Waals surface area contributed by atoms with Gasteiger partial charge in [0.25, 0.3) is 0 Å². The van der Waals surface area contributed by atoms with Crippen LogP contribution in [0.25, 0.3) is 10.9 Å². The van der Waals surface area contributed by atoms with Crippen molar-refractivity contribution in [3.05, 3.63) is 35.5 Å². The number of hydrogen-bond donors (Lipinski definition) is 1. The van der Waals surface area contributed by atoms with Gasteiger partial charge in [-0.2, -0.15) is 0 Å². The van der Waals surface area contributed by atoms with Crippen LogP contribution in [0.3, 0.4) is 0 Å². The fraction of sp³-hybridized carbons (Fsp3) is 0.438. The van der Waals surface area contributed by atoms with Crippen molar-refractivity contribution in [2.45, 2.75) is 33.1 Å². The van der Waals surface area contributed by atoms with Crippen LogP contribution in [-0.4, -0.2) is 10.8 Å². The third kappa shape index (κ3) is 1.76. The molecule has 2 heteroatoms. The number of hydrogen-bond acceptors (Lipinski definition) is 1. The average Bonchev–Trinajstić information content (AvgIpc) is 2.94. The summed E-state index contributed by atoms with van der Waals surface area (Å²) in [6.07, 6.45) is 5.33. The van der Waals surface area contributed by atoms with Crippen LogP contribution in [0.1, 0.15) is 42.1 Å². The Morgan fingerprint density at radius 1 is 1.33 bits per heavy atom.